The maximum atomic E-state index is 12.8. The second kappa shape index (κ2) is 18.8. The average molecular weight is 783 g/mol. The molecule has 53 heavy (non-hydrogen) atoms. The number of hydrogen-bond acceptors (Lipinski definition) is 3. The first-order valence-electron chi connectivity index (χ1n) is 13.3. The molecule has 0 fully saturated rings. The second-order valence-corrected chi connectivity index (χ2v) is 10.2. The smallest absolute Gasteiger partial charge is 0.399 e. The highest BCUT2D eigenvalue weighted by Gasteiger charge is 2.38. The van der Waals surface area contributed by atoms with E-state index < -0.39 is 69.2 Å². The largest absolute Gasteiger partial charge is 0.416 e. The van der Waals surface area contributed by atoms with E-state index in [-0.39, 0.29) is 44.8 Å². The van der Waals surface area contributed by atoms with E-state index in [2.05, 4.69) is 17.2 Å². The zero-order valence-electron chi connectivity index (χ0n) is 25.0. The first kappa shape index (κ1) is 47.4. The summed E-state index contributed by atoms with van der Waals surface area (Å²) in [6.45, 7) is 0. The van der Waals surface area contributed by atoms with Crippen LogP contribution < -0.4 is 11.1 Å². The lowest BCUT2D eigenvalue weighted by Gasteiger charge is -2.14. The molecule has 0 unspecified atom stereocenters. The van der Waals surface area contributed by atoms with Gasteiger partial charge in [-0.05, 0) is 84.4 Å². The van der Waals surface area contributed by atoms with Gasteiger partial charge in [-0.15, -0.1) is 12.8 Å². The van der Waals surface area contributed by atoms with Gasteiger partial charge in [0.15, 0.2) is 0 Å². The number of rotatable bonds is 3. The summed E-state index contributed by atoms with van der Waals surface area (Å²) in [6, 6.07) is 14.2. The molecule has 4 aromatic carbocycles. The summed E-state index contributed by atoms with van der Waals surface area (Å²) in [7, 11) is 0. The summed E-state index contributed by atoms with van der Waals surface area (Å²) >= 11 is 4.87. The van der Waals surface area contributed by atoms with E-state index in [0.717, 1.165) is 5.56 Å². The Morgan fingerprint density at radius 3 is 1.25 bits per heavy atom. The van der Waals surface area contributed by atoms with Gasteiger partial charge in [0.25, 0.3) is 11.1 Å². The van der Waals surface area contributed by atoms with Crippen LogP contribution in [0.4, 0.5) is 64.1 Å². The molecule has 284 valence electrons. The van der Waals surface area contributed by atoms with Crippen LogP contribution >= 0.6 is 11.6 Å². The molecule has 0 aliphatic carbocycles. The number of nitrogens with two attached hydrogens (primary N) is 1. The molecule has 0 aromatic heterocycles. The normalized spacial score (nSPS) is 11.0. The van der Waals surface area contributed by atoms with Crippen molar-refractivity contribution in [3.05, 3.63) is 129 Å². The standard InChI is InChI=1S/C17H9F6NO.C9H3ClF6O.C8H7N.2CH4/c1-2-10-4-3-5-14(6-10)24-15(25)11-7-12(16(18,19)20)9-13(8-11)17(21,22)23;10-7(17)4-1-5(8(11,12)13)3-6(2-4)9(14,15)16;1-2-7-4-3-5-8(9)6-7;;/h1,3-9H,(H,24,25);1-3H;1,3-6H,9H2;2*1H4. The van der Waals surface area contributed by atoms with Crippen molar-refractivity contribution in [1.82, 2.24) is 0 Å². The first-order valence-corrected chi connectivity index (χ1v) is 13.7. The Labute approximate surface area is 301 Å². The van der Waals surface area contributed by atoms with Crippen LogP contribution in [0.25, 0.3) is 0 Å². The van der Waals surface area contributed by atoms with E-state index >= 15 is 0 Å². The number of carbonyl (C=O) groups excluding carboxylic acids is 2. The highest BCUT2D eigenvalue weighted by molar-refractivity contribution is 6.67. The van der Waals surface area contributed by atoms with Crippen molar-refractivity contribution in [3.8, 4) is 24.7 Å². The number of nitrogens with one attached hydrogen (secondary N) is 1. The minimum absolute atomic E-state index is 0. The molecule has 3 N–H and O–H groups in total. The highest BCUT2D eigenvalue weighted by Crippen LogP contribution is 2.38. The molecular formula is C36H27ClF12N2O2. The van der Waals surface area contributed by atoms with E-state index in [1.807, 2.05) is 12.1 Å². The number of benzene rings is 4. The van der Waals surface area contributed by atoms with Gasteiger partial charge in [-0.2, -0.15) is 52.7 Å². The Bertz CT molecular complexity index is 1900. The van der Waals surface area contributed by atoms with Crippen molar-refractivity contribution >= 4 is 34.1 Å². The number of anilines is 2. The maximum absolute atomic E-state index is 12.8. The van der Waals surface area contributed by atoms with Crippen LogP contribution in [0.3, 0.4) is 0 Å². The molecule has 0 saturated heterocycles. The molecule has 4 nitrogen and oxygen atoms in total. The quantitative estimate of drug-likeness (QED) is 0.0941. The molecule has 0 heterocycles. The third-order valence-corrected chi connectivity index (χ3v) is 6.22. The number of hydrogen-bond donors (Lipinski definition) is 2. The lowest BCUT2D eigenvalue weighted by Crippen LogP contribution is -2.17. The number of carbonyl (C=O) groups is 2. The minimum Gasteiger partial charge on any atom is -0.399 e. The molecule has 0 spiro atoms. The van der Waals surface area contributed by atoms with Gasteiger partial charge in [0.2, 0.25) is 0 Å². The fourth-order valence-electron chi connectivity index (χ4n) is 3.67. The van der Waals surface area contributed by atoms with E-state index in [4.69, 9.17) is 30.2 Å². The summed E-state index contributed by atoms with van der Waals surface area (Å²) in [4.78, 5) is 22.7. The van der Waals surface area contributed by atoms with Crippen molar-refractivity contribution in [2.45, 2.75) is 39.6 Å². The number of terminal acetylenes is 2. The number of amides is 1. The summed E-state index contributed by atoms with van der Waals surface area (Å²) in [6.07, 6.45) is -9.73. The molecule has 0 saturated carbocycles. The van der Waals surface area contributed by atoms with Crippen molar-refractivity contribution in [2.75, 3.05) is 11.1 Å². The zero-order chi connectivity index (χ0) is 38.9. The summed E-state index contributed by atoms with van der Waals surface area (Å²) in [5.74, 6) is 3.66. The molecule has 1 amide bonds. The topological polar surface area (TPSA) is 72.2 Å². The minimum atomic E-state index is -5.03. The van der Waals surface area contributed by atoms with Gasteiger partial charge in [-0.25, -0.2) is 0 Å². The molecular weight excluding hydrogens is 756 g/mol. The zero-order valence-corrected chi connectivity index (χ0v) is 25.8. The molecule has 0 radical (unpaired) electrons. The molecule has 17 heteroatoms. The van der Waals surface area contributed by atoms with Crippen molar-refractivity contribution in [3.63, 3.8) is 0 Å². The fourth-order valence-corrected chi connectivity index (χ4v) is 3.78. The summed E-state index contributed by atoms with van der Waals surface area (Å²) < 4.78 is 150. The summed E-state index contributed by atoms with van der Waals surface area (Å²) in [5.41, 5.74) is -0.386. The fraction of sp³-hybridized carbons (Fsp3) is 0.167. The molecule has 0 aliphatic heterocycles. The summed E-state index contributed by atoms with van der Waals surface area (Å²) in [5, 5.41) is 0.834. The lowest BCUT2D eigenvalue weighted by atomic mass is 10.0. The Morgan fingerprint density at radius 1 is 0.566 bits per heavy atom. The average Bonchev–Trinajstić information content (AvgIpc) is 3.03. The van der Waals surface area contributed by atoms with Crippen LogP contribution in [0.2, 0.25) is 0 Å². The number of nitrogen functional groups attached to an aromatic ring is 1. The van der Waals surface area contributed by atoms with Gasteiger partial charge < -0.3 is 11.1 Å². The van der Waals surface area contributed by atoms with E-state index in [0.29, 0.717) is 23.4 Å². The molecule has 0 atom stereocenters. The molecule has 4 aromatic rings. The van der Waals surface area contributed by atoms with Crippen LogP contribution in [0.15, 0.2) is 84.9 Å². The van der Waals surface area contributed by atoms with Gasteiger partial charge in [0, 0.05) is 33.6 Å². The predicted molar refractivity (Wildman–Crippen MR) is 178 cm³/mol. The maximum Gasteiger partial charge on any atom is 0.416 e. The van der Waals surface area contributed by atoms with Crippen LogP contribution in [0.5, 0.6) is 0 Å². The van der Waals surface area contributed by atoms with E-state index in [1.54, 1.807) is 18.2 Å². The SMILES string of the molecule is C.C.C#Cc1cccc(N)c1.C#Cc1cccc(NC(=O)c2cc(C(F)(F)F)cc(C(F)(F)F)c2)c1.O=C(Cl)c1cc(C(F)(F)F)cc(C(F)(F)F)c1. The van der Waals surface area contributed by atoms with E-state index in [9.17, 15) is 62.3 Å². The Hall–Kier alpha value is -5.61. The van der Waals surface area contributed by atoms with Crippen molar-refractivity contribution in [2.24, 2.45) is 0 Å². The van der Waals surface area contributed by atoms with Gasteiger partial charge in [-0.1, -0.05) is 38.8 Å². The third-order valence-electron chi connectivity index (χ3n) is 6.00. The monoisotopic (exact) mass is 782 g/mol. The molecule has 4 rings (SSSR count). The Balaban J connectivity index is 0.000000835. The van der Waals surface area contributed by atoms with Gasteiger partial charge in [-0.3, -0.25) is 9.59 Å². The Kier molecular flexibility index (Phi) is 16.8. The van der Waals surface area contributed by atoms with Crippen molar-refractivity contribution < 1.29 is 62.3 Å². The molecule has 0 bridgehead atoms. The highest BCUT2D eigenvalue weighted by atomic mass is 35.5. The van der Waals surface area contributed by atoms with Crippen LogP contribution in [0.1, 0.15) is 68.9 Å². The van der Waals surface area contributed by atoms with Crippen molar-refractivity contribution in [1.29, 1.82) is 0 Å². The van der Waals surface area contributed by atoms with Crippen LogP contribution in [-0.2, 0) is 24.7 Å². The predicted octanol–water partition coefficient (Wildman–Crippen LogP) is 11.6. The lowest BCUT2D eigenvalue weighted by molar-refractivity contribution is -0.144. The molecule has 0 aliphatic rings. The van der Waals surface area contributed by atoms with Gasteiger partial charge in [0.05, 0.1) is 22.3 Å². The number of halogens is 13. The van der Waals surface area contributed by atoms with Gasteiger partial charge >= 0.3 is 24.7 Å². The third kappa shape index (κ3) is 14.9. The van der Waals surface area contributed by atoms with E-state index in [1.165, 1.54) is 18.2 Å². The van der Waals surface area contributed by atoms with Crippen LogP contribution in [0, 0.1) is 24.7 Å². The number of alkyl halides is 12. The first-order chi connectivity index (χ1) is 23.3. The van der Waals surface area contributed by atoms with Gasteiger partial charge in [0.1, 0.15) is 0 Å². The second-order valence-electron chi connectivity index (χ2n) is 9.81. The Morgan fingerprint density at radius 2 is 0.925 bits per heavy atom. The van der Waals surface area contributed by atoms with Crippen LogP contribution in [-0.4, -0.2) is 11.1 Å².